The lowest BCUT2D eigenvalue weighted by molar-refractivity contribution is -0.113. The van der Waals surface area contributed by atoms with Crippen molar-refractivity contribution in [1.29, 1.82) is 0 Å². The molecule has 0 unspecified atom stereocenters. The van der Waals surface area contributed by atoms with Crippen LogP contribution < -0.4 is 5.32 Å². The third-order valence-corrected chi connectivity index (χ3v) is 5.43. The zero-order chi connectivity index (χ0) is 18.4. The lowest BCUT2D eigenvalue weighted by Crippen LogP contribution is -2.14. The average molecular weight is 389 g/mol. The summed E-state index contributed by atoms with van der Waals surface area (Å²) in [6, 6.07) is 3.83. The molecule has 3 aromatic rings. The van der Waals surface area contributed by atoms with E-state index in [4.69, 9.17) is 0 Å². The molecule has 3 aromatic heterocycles. The van der Waals surface area contributed by atoms with Gasteiger partial charge in [0.05, 0.1) is 11.4 Å². The molecule has 1 N–H and O–H groups in total. The Bertz CT molecular complexity index is 861. The zero-order valence-corrected chi connectivity index (χ0v) is 16.3. The molecule has 0 aromatic carbocycles. The maximum atomic E-state index is 12.2. The maximum absolute atomic E-state index is 12.2. The SMILES string of the molecule is CCCCn1c(SCC(=O)Nc2nc(C)cs2)nnc1-c1ccncc1. The van der Waals surface area contributed by atoms with Gasteiger partial charge >= 0.3 is 0 Å². The summed E-state index contributed by atoms with van der Waals surface area (Å²) < 4.78 is 2.07. The number of unbranched alkanes of at least 4 members (excludes halogenated alkanes) is 1. The number of hydrogen-bond acceptors (Lipinski definition) is 7. The first-order valence-electron chi connectivity index (χ1n) is 8.35. The van der Waals surface area contributed by atoms with Gasteiger partial charge in [0.25, 0.3) is 0 Å². The molecule has 0 aliphatic carbocycles. The number of anilines is 1. The molecule has 26 heavy (non-hydrogen) atoms. The van der Waals surface area contributed by atoms with Gasteiger partial charge in [-0.25, -0.2) is 4.98 Å². The summed E-state index contributed by atoms with van der Waals surface area (Å²) in [5.74, 6) is 0.971. The highest BCUT2D eigenvalue weighted by atomic mass is 32.2. The molecule has 3 rings (SSSR count). The highest BCUT2D eigenvalue weighted by Crippen LogP contribution is 2.24. The molecule has 0 atom stereocenters. The van der Waals surface area contributed by atoms with Crippen LogP contribution in [0, 0.1) is 6.92 Å². The number of aromatic nitrogens is 5. The Hall–Kier alpha value is -2.26. The average Bonchev–Trinajstić information content (AvgIpc) is 3.24. The van der Waals surface area contributed by atoms with Crippen LogP contribution in [0.3, 0.4) is 0 Å². The van der Waals surface area contributed by atoms with E-state index in [1.165, 1.54) is 23.1 Å². The van der Waals surface area contributed by atoms with Gasteiger partial charge in [-0.05, 0) is 25.5 Å². The van der Waals surface area contributed by atoms with E-state index in [1.54, 1.807) is 12.4 Å². The van der Waals surface area contributed by atoms with Crippen molar-refractivity contribution in [2.45, 2.75) is 38.4 Å². The van der Waals surface area contributed by atoms with E-state index < -0.39 is 0 Å². The maximum Gasteiger partial charge on any atom is 0.236 e. The van der Waals surface area contributed by atoms with Crippen LogP contribution in [0.25, 0.3) is 11.4 Å². The van der Waals surface area contributed by atoms with Crippen molar-refractivity contribution < 1.29 is 4.79 Å². The molecule has 3 heterocycles. The first kappa shape index (κ1) is 18.5. The predicted octanol–water partition coefficient (Wildman–Crippen LogP) is 3.64. The molecular formula is C17H20N6OS2. The van der Waals surface area contributed by atoms with Gasteiger partial charge in [0.1, 0.15) is 0 Å². The quantitative estimate of drug-likeness (QED) is 0.593. The monoisotopic (exact) mass is 388 g/mol. The van der Waals surface area contributed by atoms with Crippen LogP contribution in [0.15, 0.2) is 35.1 Å². The van der Waals surface area contributed by atoms with E-state index in [1.807, 2.05) is 24.4 Å². The van der Waals surface area contributed by atoms with Crippen LogP contribution in [0.4, 0.5) is 5.13 Å². The molecule has 136 valence electrons. The molecule has 0 fully saturated rings. The van der Waals surface area contributed by atoms with Crippen LogP contribution in [0.2, 0.25) is 0 Å². The van der Waals surface area contributed by atoms with Gasteiger partial charge in [0.2, 0.25) is 5.91 Å². The standard InChI is InChI=1S/C17H20N6OS2/c1-3-4-9-23-15(13-5-7-18-8-6-13)21-22-17(23)26-11-14(24)20-16-19-12(2)10-25-16/h5-8,10H,3-4,9,11H2,1-2H3,(H,19,20,24). The molecule has 0 spiro atoms. The van der Waals surface area contributed by atoms with Gasteiger partial charge in [0.15, 0.2) is 16.1 Å². The summed E-state index contributed by atoms with van der Waals surface area (Å²) in [5, 5.41) is 14.7. The summed E-state index contributed by atoms with van der Waals surface area (Å²) in [6.07, 6.45) is 5.57. The molecule has 1 amide bonds. The first-order chi connectivity index (χ1) is 12.7. The van der Waals surface area contributed by atoms with E-state index in [0.29, 0.717) is 5.13 Å². The number of rotatable bonds is 8. The fraction of sp³-hybridized carbons (Fsp3) is 0.353. The first-order valence-corrected chi connectivity index (χ1v) is 10.2. The number of thioether (sulfide) groups is 1. The minimum Gasteiger partial charge on any atom is -0.302 e. The molecule has 9 heteroatoms. The highest BCUT2D eigenvalue weighted by Gasteiger charge is 2.15. The lowest BCUT2D eigenvalue weighted by Gasteiger charge is -2.09. The number of nitrogens with one attached hydrogen (secondary N) is 1. The van der Waals surface area contributed by atoms with E-state index in [9.17, 15) is 4.79 Å². The number of hydrogen-bond donors (Lipinski definition) is 1. The Morgan fingerprint density at radius 1 is 1.31 bits per heavy atom. The van der Waals surface area contributed by atoms with Crippen molar-refractivity contribution in [2.75, 3.05) is 11.1 Å². The zero-order valence-electron chi connectivity index (χ0n) is 14.7. The number of aryl methyl sites for hydroxylation is 1. The molecule has 0 radical (unpaired) electrons. The molecule has 0 aliphatic rings. The van der Waals surface area contributed by atoms with Gasteiger partial charge in [-0.15, -0.1) is 21.5 Å². The van der Waals surface area contributed by atoms with Crippen molar-refractivity contribution >= 4 is 34.1 Å². The van der Waals surface area contributed by atoms with Crippen LogP contribution in [-0.2, 0) is 11.3 Å². The lowest BCUT2D eigenvalue weighted by atomic mass is 10.2. The second kappa shape index (κ2) is 8.91. The van der Waals surface area contributed by atoms with E-state index >= 15 is 0 Å². The van der Waals surface area contributed by atoms with Crippen LogP contribution in [0.1, 0.15) is 25.5 Å². The third kappa shape index (κ3) is 4.67. The van der Waals surface area contributed by atoms with Crippen molar-refractivity contribution in [3.05, 3.63) is 35.6 Å². The van der Waals surface area contributed by atoms with Crippen molar-refractivity contribution in [1.82, 2.24) is 24.7 Å². The van der Waals surface area contributed by atoms with Gasteiger partial charge in [-0.3, -0.25) is 9.78 Å². The highest BCUT2D eigenvalue weighted by molar-refractivity contribution is 7.99. The van der Waals surface area contributed by atoms with Crippen LogP contribution in [0.5, 0.6) is 0 Å². The Labute approximate surface area is 160 Å². The largest absolute Gasteiger partial charge is 0.302 e. The molecule has 0 aliphatic heterocycles. The van der Waals surface area contributed by atoms with E-state index in [-0.39, 0.29) is 11.7 Å². The fourth-order valence-corrected chi connectivity index (χ4v) is 3.79. The number of nitrogens with zero attached hydrogens (tertiary/aromatic N) is 5. The second-order valence-electron chi connectivity index (χ2n) is 5.68. The van der Waals surface area contributed by atoms with Crippen molar-refractivity contribution in [2.24, 2.45) is 0 Å². The normalized spacial score (nSPS) is 10.8. The Morgan fingerprint density at radius 2 is 2.12 bits per heavy atom. The Balaban J connectivity index is 1.70. The van der Waals surface area contributed by atoms with Gasteiger partial charge in [-0.1, -0.05) is 25.1 Å². The molecule has 0 saturated heterocycles. The van der Waals surface area contributed by atoms with Crippen molar-refractivity contribution in [3.63, 3.8) is 0 Å². The number of pyridine rings is 1. The summed E-state index contributed by atoms with van der Waals surface area (Å²) >= 11 is 2.81. The number of amides is 1. The summed E-state index contributed by atoms with van der Waals surface area (Å²) in [4.78, 5) is 20.5. The van der Waals surface area contributed by atoms with Crippen molar-refractivity contribution in [3.8, 4) is 11.4 Å². The van der Waals surface area contributed by atoms with Crippen LogP contribution in [-0.4, -0.2) is 36.4 Å². The Morgan fingerprint density at radius 3 is 2.81 bits per heavy atom. The molecular weight excluding hydrogens is 368 g/mol. The van der Waals surface area contributed by atoms with Gasteiger partial charge < -0.3 is 9.88 Å². The Kier molecular flexibility index (Phi) is 6.35. The summed E-state index contributed by atoms with van der Waals surface area (Å²) in [5.41, 5.74) is 1.87. The number of carbonyl (C=O) groups is 1. The predicted molar refractivity (Wildman–Crippen MR) is 104 cm³/mol. The number of thiazole rings is 1. The van der Waals surface area contributed by atoms with Gasteiger partial charge in [0, 0.05) is 29.9 Å². The third-order valence-electron chi connectivity index (χ3n) is 3.59. The topological polar surface area (TPSA) is 85.6 Å². The van der Waals surface area contributed by atoms with E-state index in [0.717, 1.165) is 41.6 Å². The smallest absolute Gasteiger partial charge is 0.236 e. The van der Waals surface area contributed by atoms with Gasteiger partial charge in [-0.2, -0.15) is 0 Å². The minimum atomic E-state index is -0.0974. The molecule has 7 nitrogen and oxygen atoms in total. The molecule has 0 bridgehead atoms. The molecule has 0 saturated carbocycles. The summed E-state index contributed by atoms with van der Waals surface area (Å²) in [7, 11) is 0. The minimum absolute atomic E-state index is 0.0974. The fourth-order valence-electron chi connectivity index (χ4n) is 2.32. The number of carbonyl (C=O) groups excluding carboxylic acids is 1. The summed E-state index contributed by atoms with van der Waals surface area (Å²) in [6.45, 7) is 4.86. The second-order valence-corrected chi connectivity index (χ2v) is 7.48. The van der Waals surface area contributed by atoms with E-state index in [2.05, 4.69) is 37.0 Å². The van der Waals surface area contributed by atoms with Crippen LogP contribution >= 0.6 is 23.1 Å².